The lowest BCUT2D eigenvalue weighted by Gasteiger charge is -2.33. The second-order valence-electron chi connectivity index (χ2n) is 5.23. The minimum Gasteiger partial charge on any atom is -0.496 e. The molecule has 1 fully saturated rings. The molecule has 1 aromatic heterocycles. The van der Waals surface area contributed by atoms with Crippen LogP contribution in [0.1, 0.15) is 29.7 Å². The number of methoxy groups -OCH3 is 1. The van der Waals surface area contributed by atoms with Crippen molar-refractivity contribution in [3.63, 3.8) is 0 Å². The highest BCUT2D eigenvalue weighted by Crippen LogP contribution is 2.28. The molecule has 0 spiro atoms. The van der Waals surface area contributed by atoms with Gasteiger partial charge in [-0.05, 0) is 33.2 Å². The number of pyridine rings is 1. The maximum atomic E-state index is 10.5. The number of hydrogen-bond donors (Lipinski definition) is 2. The highest BCUT2D eigenvalue weighted by Gasteiger charge is 2.30. The molecule has 1 unspecified atom stereocenters. The fourth-order valence-electron chi connectivity index (χ4n) is 2.66. The first-order valence-corrected chi connectivity index (χ1v) is 6.48. The van der Waals surface area contributed by atoms with Crippen LogP contribution in [-0.4, -0.2) is 35.9 Å². The van der Waals surface area contributed by atoms with Gasteiger partial charge in [0.25, 0.3) is 0 Å². The maximum absolute atomic E-state index is 10.5. The minimum absolute atomic E-state index is 0.586. The third-order valence-corrected chi connectivity index (χ3v) is 3.70. The first-order valence-electron chi connectivity index (χ1n) is 6.48. The normalized spacial score (nSPS) is 24.0. The zero-order valence-corrected chi connectivity index (χ0v) is 11.4. The molecule has 100 valence electrons. The van der Waals surface area contributed by atoms with Crippen LogP contribution in [0.2, 0.25) is 0 Å². The molecule has 0 aliphatic carbocycles. The van der Waals surface area contributed by atoms with Crippen LogP contribution in [0.25, 0.3) is 0 Å². The van der Waals surface area contributed by atoms with Gasteiger partial charge in [0.2, 0.25) is 0 Å². The van der Waals surface area contributed by atoms with E-state index in [2.05, 4.69) is 10.3 Å². The fourth-order valence-corrected chi connectivity index (χ4v) is 2.66. The molecule has 1 aromatic rings. The molecule has 2 heterocycles. The topological polar surface area (TPSA) is 54.4 Å². The molecule has 1 saturated heterocycles. The summed E-state index contributed by atoms with van der Waals surface area (Å²) in [5, 5.41) is 13.8. The first kappa shape index (κ1) is 13.3. The van der Waals surface area contributed by atoms with Crippen molar-refractivity contribution in [1.82, 2.24) is 10.3 Å². The smallest absolute Gasteiger partial charge is 0.128 e. The van der Waals surface area contributed by atoms with E-state index in [1.54, 1.807) is 7.11 Å². The number of β-amino-alcohol motifs (C(OH)–C–C–N with tert-alkyl or cyclic N) is 1. The number of rotatable bonds is 3. The quantitative estimate of drug-likeness (QED) is 0.850. The van der Waals surface area contributed by atoms with Gasteiger partial charge in [-0.2, -0.15) is 0 Å². The predicted octanol–water partition coefficient (Wildman–Crippen LogP) is 1.36. The standard InChI is InChI=1S/C14H22N2O2/c1-10-8-16-12(11(2)13(10)18-3)7-14(17)5-4-6-15-9-14/h8,15,17H,4-7,9H2,1-3H3. The summed E-state index contributed by atoms with van der Waals surface area (Å²) in [6, 6.07) is 0. The summed E-state index contributed by atoms with van der Waals surface area (Å²) >= 11 is 0. The van der Waals surface area contributed by atoms with Crippen molar-refractivity contribution >= 4 is 0 Å². The second-order valence-corrected chi connectivity index (χ2v) is 5.23. The van der Waals surface area contributed by atoms with Crippen LogP contribution in [0.5, 0.6) is 5.75 Å². The van der Waals surface area contributed by atoms with Gasteiger partial charge in [-0.25, -0.2) is 0 Å². The number of piperidine rings is 1. The van der Waals surface area contributed by atoms with E-state index in [9.17, 15) is 5.11 Å². The van der Waals surface area contributed by atoms with Crippen LogP contribution in [0.4, 0.5) is 0 Å². The van der Waals surface area contributed by atoms with E-state index in [0.29, 0.717) is 13.0 Å². The van der Waals surface area contributed by atoms with E-state index < -0.39 is 5.60 Å². The van der Waals surface area contributed by atoms with Gasteiger partial charge in [-0.3, -0.25) is 4.98 Å². The molecule has 0 amide bonds. The van der Waals surface area contributed by atoms with Gasteiger partial charge >= 0.3 is 0 Å². The van der Waals surface area contributed by atoms with Gasteiger partial charge in [-0.15, -0.1) is 0 Å². The van der Waals surface area contributed by atoms with E-state index in [1.807, 2.05) is 20.0 Å². The predicted molar refractivity (Wildman–Crippen MR) is 71.0 cm³/mol. The average molecular weight is 250 g/mol. The van der Waals surface area contributed by atoms with Gasteiger partial charge in [0.1, 0.15) is 5.75 Å². The molecule has 2 N–H and O–H groups in total. The van der Waals surface area contributed by atoms with E-state index >= 15 is 0 Å². The minimum atomic E-state index is -0.670. The number of aliphatic hydroxyl groups is 1. The Bertz CT molecular complexity index is 426. The van der Waals surface area contributed by atoms with E-state index in [-0.39, 0.29) is 0 Å². The molecule has 4 nitrogen and oxygen atoms in total. The van der Waals surface area contributed by atoms with E-state index in [4.69, 9.17) is 4.74 Å². The van der Waals surface area contributed by atoms with Crippen LogP contribution in [0.3, 0.4) is 0 Å². The summed E-state index contributed by atoms with van der Waals surface area (Å²) in [5.74, 6) is 0.882. The van der Waals surface area contributed by atoms with Gasteiger partial charge in [0, 0.05) is 36.0 Å². The van der Waals surface area contributed by atoms with Crippen molar-refractivity contribution < 1.29 is 9.84 Å². The number of hydrogen-bond acceptors (Lipinski definition) is 4. The summed E-state index contributed by atoms with van der Waals surface area (Å²) in [6.07, 6.45) is 4.25. The molecule has 0 radical (unpaired) electrons. The molecule has 18 heavy (non-hydrogen) atoms. The third kappa shape index (κ3) is 2.65. The Kier molecular flexibility index (Phi) is 3.88. The Morgan fingerprint density at radius 3 is 2.89 bits per heavy atom. The summed E-state index contributed by atoms with van der Waals surface area (Å²) < 4.78 is 5.40. The van der Waals surface area contributed by atoms with E-state index in [0.717, 1.165) is 42.0 Å². The number of aromatic nitrogens is 1. The lowest BCUT2D eigenvalue weighted by atomic mass is 9.88. The average Bonchev–Trinajstić information content (AvgIpc) is 2.34. The van der Waals surface area contributed by atoms with E-state index in [1.165, 1.54) is 0 Å². The lowest BCUT2D eigenvalue weighted by Crippen LogP contribution is -2.47. The molecule has 0 bridgehead atoms. The van der Waals surface area contributed by atoms with Gasteiger partial charge in [0.15, 0.2) is 0 Å². The van der Waals surface area contributed by atoms with Gasteiger partial charge < -0.3 is 15.2 Å². The number of aryl methyl sites for hydroxylation is 1. The molecule has 1 atom stereocenters. The Labute approximate surface area is 108 Å². The highest BCUT2D eigenvalue weighted by atomic mass is 16.5. The number of nitrogens with zero attached hydrogens (tertiary/aromatic N) is 1. The molecule has 0 saturated carbocycles. The maximum Gasteiger partial charge on any atom is 0.128 e. The van der Waals surface area contributed by atoms with Crippen molar-refractivity contribution in [2.75, 3.05) is 20.2 Å². The Balaban J connectivity index is 2.23. The highest BCUT2D eigenvalue weighted by molar-refractivity contribution is 5.41. The van der Waals surface area contributed by atoms with Crippen LogP contribution >= 0.6 is 0 Å². The van der Waals surface area contributed by atoms with Gasteiger partial charge in [0.05, 0.1) is 12.7 Å². The third-order valence-electron chi connectivity index (χ3n) is 3.70. The second kappa shape index (κ2) is 5.24. The van der Waals surface area contributed by atoms with Crippen molar-refractivity contribution in [3.8, 4) is 5.75 Å². The summed E-state index contributed by atoms with van der Waals surface area (Å²) in [4.78, 5) is 4.46. The Morgan fingerprint density at radius 1 is 1.50 bits per heavy atom. The molecule has 1 aliphatic heterocycles. The van der Waals surface area contributed by atoms with Crippen molar-refractivity contribution in [2.45, 2.75) is 38.7 Å². The Morgan fingerprint density at radius 2 is 2.28 bits per heavy atom. The van der Waals surface area contributed by atoms with Crippen LogP contribution in [0, 0.1) is 13.8 Å². The zero-order chi connectivity index (χ0) is 13.2. The van der Waals surface area contributed by atoms with Crippen molar-refractivity contribution in [3.05, 3.63) is 23.0 Å². The fraction of sp³-hybridized carbons (Fsp3) is 0.643. The SMILES string of the molecule is COc1c(C)cnc(CC2(O)CCCNC2)c1C. The monoisotopic (exact) mass is 250 g/mol. The largest absolute Gasteiger partial charge is 0.496 e. The zero-order valence-electron chi connectivity index (χ0n) is 11.4. The van der Waals surface area contributed by atoms with Crippen LogP contribution in [-0.2, 0) is 6.42 Å². The molecule has 0 aromatic carbocycles. The van der Waals surface area contributed by atoms with Crippen LogP contribution < -0.4 is 10.1 Å². The first-order chi connectivity index (χ1) is 8.56. The summed E-state index contributed by atoms with van der Waals surface area (Å²) in [5.41, 5.74) is 2.34. The molecule has 4 heteroatoms. The lowest BCUT2D eigenvalue weighted by molar-refractivity contribution is 0.0159. The van der Waals surface area contributed by atoms with Gasteiger partial charge in [-0.1, -0.05) is 0 Å². The Hall–Kier alpha value is -1.13. The number of nitrogens with one attached hydrogen (secondary N) is 1. The summed E-state index contributed by atoms with van der Waals surface area (Å²) in [7, 11) is 1.68. The van der Waals surface area contributed by atoms with Crippen molar-refractivity contribution in [2.24, 2.45) is 0 Å². The number of ether oxygens (including phenoxy) is 1. The molecular weight excluding hydrogens is 228 g/mol. The van der Waals surface area contributed by atoms with Crippen molar-refractivity contribution in [1.29, 1.82) is 0 Å². The molecular formula is C14H22N2O2. The molecule has 1 aliphatic rings. The molecule has 2 rings (SSSR count). The summed E-state index contributed by atoms with van der Waals surface area (Å²) in [6.45, 7) is 5.63. The van der Waals surface area contributed by atoms with Crippen LogP contribution in [0.15, 0.2) is 6.20 Å².